The Morgan fingerprint density at radius 3 is 2.59 bits per heavy atom. The third-order valence-electron chi connectivity index (χ3n) is 3.85. The molecule has 1 saturated heterocycles. The molecule has 0 radical (unpaired) electrons. The van der Waals surface area contributed by atoms with Crippen LogP contribution in [0.1, 0.15) is 33.1 Å². The zero-order valence-electron chi connectivity index (χ0n) is 10.7. The average Bonchev–Trinajstić information content (AvgIpc) is 3.05. The molecule has 1 amide bonds. The smallest absolute Gasteiger partial charge is 0.237 e. The molecule has 2 aliphatic rings. The molecule has 17 heavy (non-hydrogen) atoms. The van der Waals surface area contributed by atoms with E-state index in [2.05, 4.69) is 17.1 Å². The fraction of sp³-hybridized carbons (Fsp3) is 0.917. The van der Waals surface area contributed by atoms with Crippen LogP contribution < -0.4 is 11.1 Å². The molecule has 2 fully saturated rings. The van der Waals surface area contributed by atoms with Crippen molar-refractivity contribution in [2.75, 3.05) is 13.1 Å². The highest BCUT2D eigenvalue weighted by Crippen LogP contribution is 2.20. The van der Waals surface area contributed by atoms with E-state index in [9.17, 15) is 4.79 Å². The minimum atomic E-state index is -0.00412. The standard InChI is InChI=1S/C12H23N3O.ClH/c1-8-7-15(6-5-11(8)13)9(2)12(16)14-10-3-4-10;/h8-11H,3-7,13H2,1-2H3,(H,14,16);1H. The summed E-state index contributed by atoms with van der Waals surface area (Å²) in [6.45, 7) is 6.06. The first-order chi connectivity index (χ1) is 7.58. The number of hydrogen-bond acceptors (Lipinski definition) is 3. The van der Waals surface area contributed by atoms with Gasteiger partial charge in [-0.25, -0.2) is 0 Å². The first-order valence-electron chi connectivity index (χ1n) is 6.38. The lowest BCUT2D eigenvalue weighted by atomic mass is 9.94. The van der Waals surface area contributed by atoms with Crippen LogP contribution >= 0.6 is 12.4 Å². The molecule has 0 spiro atoms. The molecule has 0 bridgehead atoms. The molecule has 1 saturated carbocycles. The van der Waals surface area contributed by atoms with Gasteiger partial charge in [0.15, 0.2) is 0 Å². The molecule has 4 nitrogen and oxygen atoms in total. The van der Waals surface area contributed by atoms with Crippen molar-refractivity contribution in [3.63, 3.8) is 0 Å². The van der Waals surface area contributed by atoms with Crippen molar-refractivity contribution in [2.45, 2.75) is 51.2 Å². The predicted octanol–water partition coefficient (Wildman–Crippen LogP) is 0.744. The van der Waals surface area contributed by atoms with Gasteiger partial charge in [0.05, 0.1) is 6.04 Å². The van der Waals surface area contributed by atoms with Gasteiger partial charge in [-0.2, -0.15) is 0 Å². The van der Waals surface area contributed by atoms with Crippen molar-refractivity contribution in [1.82, 2.24) is 10.2 Å². The van der Waals surface area contributed by atoms with E-state index in [4.69, 9.17) is 5.73 Å². The van der Waals surface area contributed by atoms with Crippen molar-refractivity contribution >= 4 is 18.3 Å². The van der Waals surface area contributed by atoms with Crippen LogP contribution in [0, 0.1) is 5.92 Å². The molecule has 100 valence electrons. The van der Waals surface area contributed by atoms with Crippen LogP contribution in [0.25, 0.3) is 0 Å². The van der Waals surface area contributed by atoms with Crippen LogP contribution in [0.2, 0.25) is 0 Å². The molecule has 1 aliphatic heterocycles. The summed E-state index contributed by atoms with van der Waals surface area (Å²) >= 11 is 0. The molecule has 3 unspecified atom stereocenters. The first kappa shape index (κ1) is 14.7. The van der Waals surface area contributed by atoms with E-state index in [-0.39, 0.29) is 24.4 Å². The number of carbonyl (C=O) groups is 1. The summed E-state index contributed by atoms with van der Waals surface area (Å²) < 4.78 is 0. The number of hydrogen-bond donors (Lipinski definition) is 2. The number of rotatable bonds is 3. The average molecular weight is 262 g/mol. The fourth-order valence-corrected chi connectivity index (χ4v) is 2.26. The molecule has 2 rings (SSSR count). The van der Waals surface area contributed by atoms with Gasteiger partial charge >= 0.3 is 0 Å². The zero-order valence-corrected chi connectivity index (χ0v) is 11.5. The second-order valence-corrected chi connectivity index (χ2v) is 5.38. The summed E-state index contributed by atoms with van der Waals surface area (Å²) in [4.78, 5) is 14.2. The lowest BCUT2D eigenvalue weighted by Crippen LogP contribution is -2.53. The van der Waals surface area contributed by atoms with Crippen LogP contribution in [0.5, 0.6) is 0 Å². The minimum absolute atomic E-state index is 0. The van der Waals surface area contributed by atoms with Crippen molar-refractivity contribution in [2.24, 2.45) is 11.7 Å². The highest BCUT2D eigenvalue weighted by molar-refractivity contribution is 5.85. The lowest BCUT2D eigenvalue weighted by molar-refractivity contribution is -0.126. The first-order valence-corrected chi connectivity index (χ1v) is 6.38. The summed E-state index contributed by atoms with van der Waals surface area (Å²) in [6.07, 6.45) is 3.31. The fourth-order valence-electron chi connectivity index (χ4n) is 2.26. The van der Waals surface area contributed by atoms with Crippen molar-refractivity contribution in [3.8, 4) is 0 Å². The molecule has 0 aromatic carbocycles. The molecule has 5 heteroatoms. The lowest BCUT2D eigenvalue weighted by Gasteiger charge is -2.38. The monoisotopic (exact) mass is 261 g/mol. The van der Waals surface area contributed by atoms with Crippen molar-refractivity contribution < 1.29 is 4.79 Å². The van der Waals surface area contributed by atoms with Crippen LogP contribution in [0.3, 0.4) is 0 Å². The second kappa shape index (κ2) is 6.03. The SMILES string of the molecule is CC1CN(C(C)C(=O)NC2CC2)CCC1N.Cl. The maximum atomic E-state index is 11.9. The third kappa shape index (κ3) is 3.83. The van der Waals surface area contributed by atoms with Gasteiger partial charge in [-0.15, -0.1) is 12.4 Å². The van der Waals surface area contributed by atoms with Gasteiger partial charge in [0.25, 0.3) is 0 Å². The van der Waals surface area contributed by atoms with Gasteiger partial charge in [0.1, 0.15) is 0 Å². The van der Waals surface area contributed by atoms with Crippen molar-refractivity contribution in [1.29, 1.82) is 0 Å². The van der Waals surface area contributed by atoms with E-state index in [1.807, 2.05) is 6.92 Å². The van der Waals surface area contributed by atoms with Crippen LogP contribution in [0.15, 0.2) is 0 Å². The van der Waals surface area contributed by atoms with E-state index >= 15 is 0 Å². The molecular formula is C12H24ClN3O. The number of piperidine rings is 1. The molecule has 3 N–H and O–H groups in total. The second-order valence-electron chi connectivity index (χ2n) is 5.38. The Hall–Kier alpha value is -0.320. The summed E-state index contributed by atoms with van der Waals surface area (Å²) in [7, 11) is 0. The number of likely N-dealkylation sites (tertiary alicyclic amines) is 1. The Labute approximate surface area is 110 Å². The molecule has 0 aromatic heterocycles. The highest BCUT2D eigenvalue weighted by Gasteiger charge is 2.31. The van der Waals surface area contributed by atoms with Gasteiger partial charge < -0.3 is 11.1 Å². The maximum absolute atomic E-state index is 11.9. The van der Waals surface area contributed by atoms with Gasteiger partial charge in [-0.3, -0.25) is 9.69 Å². The minimum Gasteiger partial charge on any atom is -0.352 e. The van der Waals surface area contributed by atoms with E-state index in [0.717, 1.165) is 32.4 Å². The zero-order chi connectivity index (χ0) is 11.7. The van der Waals surface area contributed by atoms with Crippen molar-refractivity contribution in [3.05, 3.63) is 0 Å². The van der Waals surface area contributed by atoms with Gasteiger partial charge in [0, 0.05) is 25.2 Å². The number of carbonyl (C=O) groups excluding carboxylic acids is 1. The summed E-state index contributed by atoms with van der Waals surface area (Å²) in [5.41, 5.74) is 5.98. The quantitative estimate of drug-likeness (QED) is 0.788. The third-order valence-corrected chi connectivity index (χ3v) is 3.85. The molecule has 1 heterocycles. The molecular weight excluding hydrogens is 238 g/mol. The molecule has 3 atom stereocenters. The number of nitrogens with zero attached hydrogens (tertiary/aromatic N) is 1. The van der Waals surface area contributed by atoms with Crippen LogP contribution in [-0.4, -0.2) is 42.0 Å². The Kier molecular flexibility index (Phi) is 5.22. The number of nitrogens with one attached hydrogen (secondary N) is 1. The predicted molar refractivity (Wildman–Crippen MR) is 71.2 cm³/mol. The number of nitrogens with two attached hydrogens (primary N) is 1. The van der Waals surface area contributed by atoms with E-state index in [1.165, 1.54) is 0 Å². The van der Waals surface area contributed by atoms with Crippen LogP contribution in [0.4, 0.5) is 0 Å². The Morgan fingerprint density at radius 1 is 1.41 bits per heavy atom. The molecule has 0 aromatic rings. The summed E-state index contributed by atoms with van der Waals surface area (Å²) in [5, 5.41) is 3.07. The Balaban J connectivity index is 0.00000144. The van der Waals surface area contributed by atoms with Gasteiger partial charge in [0.2, 0.25) is 5.91 Å². The molecule has 1 aliphatic carbocycles. The van der Waals surface area contributed by atoms with Gasteiger partial charge in [-0.1, -0.05) is 6.92 Å². The highest BCUT2D eigenvalue weighted by atomic mass is 35.5. The van der Waals surface area contributed by atoms with Crippen LogP contribution in [-0.2, 0) is 4.79 Å². The summed E-state index contributed by atoms with van der Waals surface area (Å²) in [6, 6.07) is 0.755. The normalized spacial score (nSPS) is 31.5. The number of halogens is 1. The van der Waals surface area contributed by atoms with Gasteiger partial charge in [-0.05, 0) is 32.1 Å². The topological polar surface area (TPSA) is 58.4 Å². The van der Waals surface area contributed by atoms with E-state index in [0.29, 0.717) is 18.0 Å². The van der Waals surface area contributed by atoms with E-state index < -0.39 is 0 Å². The summed E-state index contributed by atoms with van der Waals surface area (Å²) in [5.74, 6) is 0.676. The van der Waals surface area contributed by atoms with E-state index in [1.54, 1.807) is 0 Å². The number of amides is 1. The Bertz CT molecular complexity index is 270. The largest absolute Gasteiger partial charge is 0.352 e. The maximum Gasteiger partial charge on any atom is 0.237 e. The Morgan fingerprint density at radius 2 is 2.06 bits per heavy atom.